The highest BCUT2D eigenvalue weighted by Gasteiger charge is 2.22. The zero-order valence-electron chi connectivity index (χ0n) is 17.3. The highest BCUT2D eigenvalue weighted by atomic mass is 35.5. The van der Waals surface area contributed by atoms with Crippen molar-refractivity contribution in [3.05, 3.63) is 59.1 Å². The van der Waals surface area contributed by atoms with Gasteiger partial charge in [0, 0.05) is 23.3 Å². The molecule has 0 radical (unpaired) electrons. The second-order valence-corrected chi connectivity index (χ2v) is 9.95. The topological polar surface area (TPSA) is 78.5 Å². The number of hydrogen-bond acceptors (Lipinski definition) is 4. The van der Waals surface area contributed by atoms with Gasteiger partial charge in [0.05, 0.1) is 10.9 Å². The standard InChI is InChI=1S/C22H28ClN3O3S/c1-16-5-3-4-14-26(16)15-18-6-10-20(11-7-18)24-22(27)17(2)25-30(28,29)21-12-8-19(23)9-13-21/h6-13,16-17,25H,3-5,14-15H2,1-2H3,(H,24,27)/t16?,17-/m0/s1. The molecule has 2 N–H and O–H groups in total. The minimum Gasteiger partial charge on any atom is -0.325 e. The first kappa shape index (κ1) is 22.7. The van der Waals surface area contributed by atoms with Crippen LogP contribution in [-0.4, -0.2) is 37.9 Å². The van der Waals surface area contributed by atoms with Crippen molar-refractivity contribution in [2.24, 2.45) is 0 Å². The summed E-state index contributed by atoms with van der Waals surface area (Å²) in [6.07, 6.45) is 3.77. The highest BCUT2D eigenvalue weighted by Crippen LogP contribution is 2.20. The molecular formula is C22H28ClN3O3S. The van der Waals surface area contributed by atoms with Crippen molar-refractivity contribution < 1.29 is 13.2 Å². The number of sulfonamides is 1. The van der Waals surface area contributed by atoms with Gasteiger partial charge in [-0.05, 0) is 75.2 Å². The Morgan fingerprint density at radius 2 is 1.80 bits per heavy atom. The van der Waals surface area contributed by atoms with Crippen LogP contribution in [0.2, 0.25) is 5.02 Å². The Kier molecular flexibility index (Phi) is 7.52. The van der Waals surface area contributed by atoms with Gasteiger partial charge in [0.2, 0.25) is 15.9 Å². The monoisotopic (exact) mass is 449 g/mol. The fourth-order valence-corrected chi connectivity index (χ4v) is 4.87. The molecule has 1 saturated heterocycles. The zero-order valence-corrected chi connectivity index (χ0v) is 18.8. The first-order valence-corrected chi connectivity index (χ1v) is 12.0. The summed E-state index contributed by atoms with van der Waals surface area (Å²) < 4.78 is 27.3. The number of carbonyl (C=O) groups is 1. The first-order chi connectivity index (χ1) is 14.2. The number of rotatable bonds is 7. The predicted octanol–water partition coefficient (Wildman–Crippen LogP) is 4.02. The highest BCUT2D eigenvalue weighted by molar-refractivity contribution is 7.89. The number of likely N-dealkylation sites (tertiary alicyclic amines) is 1. The summed E-state index contributed by atoms with van der Waals surface area (Å²) in [5.74, 6) is -0.426. The Bertz CT molecular complexity index is 962. The maximum absolute atomic E-state index is 12.5. The van der Waals surface area contributed by atoms with E-state index in [1.54, 1.807) is 0 Å². The van der Waals surface area contributed by atoms with Gasteiger partial charge < -0.3 is 5.32 Å². The van der Waals surface area contributed by atoms with Crippen molar-refractivity contribution in [3.8, 4) is 0 Å². The number of hydrogen-bond donors (Lipinski definition) is 2. The number of nitrogens with zero attached hydrogens (tertiary/aromatic N) is 1. The van der Waals surface area contributed by atoms with E-state index in [2.05, 4.69) is 21.9 Å². The fourth-order valence-electron chi connectivity index (χ4n) is 3.54. The third-order valence-electron chi connectivity index (χ3n) is 5.40. The summed E-state index contributed by atoms with van der Waals surface area (Å²) in [5, 5.41) is 3.21. The summed E-state index contributed by atoms with van der Waals surface area (Å²) in [6, 6.07) is 13.1. The van der Waals surface area contributed by atoms with E-state index < -0.39 is 22.0 Å². The molecule has 2 atom stereocenters. The molecular weight excluding hydrogens is 422 g/mol. The normalized spacial score (nSPS) is 18.7. The second kappa shape index (κ2) is 9.92. The van der Waals surface area contributed by atoms with Crippen molar-refractivity contribution in [3.63, 3.8) is 0 Å². The minimum atomic E-state index is -3.82. The Balaban J connectivity index is 1.56. The molecule has 2 aromatic rings. The van der Waals surface area contributed by atoms with Crippen LogP contribution in [0.3, 0.4) is 0 Å². The molecule has 1 heterocycles. The molecule has 1 amide bonds. The van der Waals surface area contributed by atoms with Gasteiger partial charge in [0.1, 0.15) is 0 Å². The van der Waals surface area contributed by atoms with E-state index in [1.165, 1.54) is 56.0 Å². The molecule has 0 spiro atoms. The lowest BCUT2D eigenvalue weighted by molar-refractivity contribution is -0.117. The molecule has 1 aliphatic heterocycles. The third kappa shape index (κ3) is 6.04. The number of benzene rings is 2. The Labute approximate surface area is 183 Å². The molecule has 8 heteroatoms. The van der Waals surface area contributed by atoms with Crippen LogP contribution in [0.4, 0.5) is 5.69 Å². The molecule has 1 fully saturated rings. The summed E-state index contributed by atoms with van der Waals surface area (Å²) in [7, 11) is -3.82. The SMILES string of the molecule is CC1CCCCN1Cc1ccc(NC(=O)[C@H](C)NS(=O)(=O)c2ccc(Cl)cc2)cc1. The average molecular weight is 450 g/mol. The first-order valence-electron chi connectivity index (χ1n) is 10.2. The van der Waals surface area contributed by atoms with Crippen molar-refractivity contribution in [2.45, 2.75) is 56.6 Å². The van der Waals surface area contributed by atoms with Crippen molar-refractivity contribution in [1.82, 2.24) is 9.62 Å². The number of piperidine rings is 1. The Morgan fingerprint density at radius 3 is 2.43 bits per heavy atom. The number of nitrogens with one attached hydrogen (secondary N) is 2. The van der Waals surface area contributed by atoms with Crippen LogP contribution < -0.4 is 10.0 Å². The van der Waals surface area contributed by atoms with Crippen LogP contribution in [0.25, 0.3) is 0 Å². The number of halogens is 1. The number of anilines is 1. The second-order valence-electron chi connectivity index (χ2n) is 7.80. The Hall–Kier alpha value is -1.93. The van der Waals surface area contributed by atoms with E-state index in [0.29, 0.717) is 16.8 Å². The molecule has 30 heavy (non-hydrogen) atoms. The fraction of sp³-hybridized carbons (Fsp3) is 0.409. The summed E-state index contributed by atoms with van der Waals surface area (Å²) in [5.41, 5.74) is 1.83. The molecule has 162 valence electrons. The molecule has 0 aromatic heterocycles. The quantitative estimate of drug-likeness (QED) is 0.669. The maximum Gasteiger partial charge on any atom is 0.242 e. The lowest BCUT2D eigenvalue weighted by atomic mass is 10.0. The van der Waals surface area contributed by atoms with Gasteiger partial charge in [-0.2, -0.15) is 4.72 Å². The van der Waals surface area contributed by atoms with Gasteiger partial charge >= 0.3 is 0 Å². The van der Waals surface area contributed by atoms with Crippen LogP contribution in [0.1, 0.15) is 38.7 Å². The third-order valence-corrected chi connectivity index (χ3v) is 7.21. The molecule has 0 saturated carbocycles. The average Bonchev–Trinajstić information content (AvgIpc) is 2.71. The van der Waals surface area contributed by atoms with Crippen LogP contribution in [0.5, 0.6) is 0 Å². The van der Waals surface area contributed by atoms with E-state index in [-0.39, 0.29) is 4.90 Å². The van der Waals surface area contributed by atoms with E-state index in [0.717, 1.165) is 13.1 Å². The van der Waals surface area contributed by atoms with Crippen LogP contribution >= 0.6 is 11.6 Å². The van der Waals surface area contributed by atoms with Crippen molar-refractivity contribution in [2.75, 3.05) is 11.9 Å². The van der Waals surface area contributed by atoms with Gasteiger partial charge in [0.15, 0.2) is 0 Å². The molecule has 1 aliphatic rings. The molecule has 0 bridgehead atoms. The van der Waals surface area contributed by atoms with Gasteiger partial charge in [-0.3, -0.25) is 9.69 Å². The molecule has 1 unspecified atom stereocenters. The van der Waals surface area contributed by atoms with Crippen molar-refractivity contribution in [1.29, 1.82) is 0 Å². The molecule has 6 nitrogen and oxygen atoms in total. The summed E-state index contributed by atoms with van der Waals surface area (Å²) >= 11 is 5.80. The van der Waals surface area contributed by atoms with Gasteiger partial charge in [0.25, 0.3) is 0 Å². The van der Waals surface area contributed by atoms with Gasteiger partial charge in [-0.1, -0.05) is 30.2 Å². The Morgan fingerprint density at radius 1 is 1.13 bits per heavy atom. The van der Waals surface area contributed by atoms with Gasteiger partial charge in [-0.25, -0.2) is 8.42 Å². The van der Waals surface area contributed by atoms with Crippen LogP contribution in [0.15, 0.2) is 53.4 Å². The van der Waals surface area contributed by atoms with E-state index in [9.17, 15) is 13.2 Å². The van der Waals surface area contributed by atoms with E-state index in [1.807, 2.05) is 24.3 Å². The van der Waals surface area contributed by atoms with Crippen LogP contribution in [-0.2, 0) is 21.4 Å². The minimum absolute atomic E-state index is 0.0582. The summed E-state index contributed by atoms with van der Waals surface area (Å²) in [4.78, 5) is 15.0. The summed E-state index contributed by atoms with van der Waals surface area (Å²) in [6.45, 7) is 5.78. The lowest BCUT2D eigenvalue weighted by Crippen LogP contribution is -2.41. The molecule has 2 aromatic carbocycles. The van der Waals surface area contributed by atoms with Crippen molar-refractivity contribution >= 4 is 33.2 Å². The van der Waals surface area contributed by atoms with E-state index in [4.69, 9.17) is 11.6 Å². The lowest BCUT2D eigenvalue weighted by Gasteiger charge is -2.33. The van der Waals surface area contributed by atoms with E-state index >= 15 is 0 Å². The smallest absolute Gasteiger partial charge is 0.242 e. The molecule has 3 rings (SSSR count). The number of carbonyl (C=O) groups excluding carboxylic acids is 1. The van der Waals surface area contributed by atoms with Gasteiger partial charge in [-0.15, -0.1) is 0 Å². The van der Waals surface area contributed by atoms with Crippen LogP contribution in [0, 0.1) is 0 Å². The number of amides is 1. The maximum atomic E-state index is 12.5. The predicted molar refractivity (Wildman–Crippen MR) is 120 cm³/mol. The zero-order chi connectivity index (χ0) is 21.7. The largest absolute Gasteiger partial charge is 0.325 e. The molecule has 0 aliphatic carbocycles.